The minimum atomic E-state index is -2.04. The van der Waals surface area contributed by atoms with Crippen LogP contribution in [0.15, 0.2) is 75.9 Å². The van der Waals surface area contributed by atoms with Gasteiger partial charge in [0.1, 0.15) is 11.4 Å². The van der Waals surface area contributed by atoms with Crippen LogP contribution in [-0.4, -0.2) is 22.6 Å². The lowest BCUT2D eigenvalue weighted by Crippen LogP contribution is -2.53. The summed E-state index contributed by atoms with van der Waals surface area (Å²) in [7, 11) is 0. The molecule has 11 heteroatoms. The number of hydrogen-bond acceptors (Lipinski definition) is 7. The highest BCUT2D eigenvalue weighted by molar-refractivity contribution is 7.17. The number of nitrogens with zero attached hydrogens (tertiary/aromatic N) is 3. The topological polar surface area (TPSA) is 101 Å². The van der Waals surface area contributed by atoms with E-state index in [0.29, 0.717) is 32.4 Å². The number of halogens is 2. The SMILES string of the molecule is CC(=O)c1sc(N2C(=O)c3oc4ccc(F)cc4c(=O)c3C23C(=O)N(Cc2ccccc2Cl)c2ccccc23)nc1C. The number of aryl methyl sites for hydroxylation is 1. The Morgan fingerprint density at radius 2 is 1.81 bits per heavy atom. The van der Waals surface area contributed by atoms with Crippen molar-refractivity contribution < 1.29 is 23.2 Å². The van der Waals surface area contributed by atoms with Crippen LogP contribution in [0.2, 0.25) is 5.02 Å². The van der Waals surface area contributed by atoms with E-state index >= 15 is 0 Å². The second-order valence-electron chi connectivity index (χ2n) is 10.1. The summed E-state index contributed by atoms with van der Waals surface area (Å²) in [6.07, 6.45) is 0. The number of para-hydroxylation sites is 1. The molecule has 5 aromatic rings. The number of Topliss-reactive ketones (excluding diaryl/α,β-unsaturated/α-hetero) is 1. The molecule has 8 nitrogen and oxygen atoms in total. The van der Waals surface area contributed by atoms with Crippen molar-refractivity contribution in [2.75, 3.05) is 9.80 Å². The molecule has 1 unspecified atom stereocenters. The number of hydrogen-bond donors (Lipinski definition) is 0. The Morgan fingerprint density at radius 1 is 1.07 bits per heavy atom. The van der Waals surface area contributed by atoms with E-state index in [1.807, 2.05) is 0 Å². The Balaban J connectivity index is 1.57. The minimum absolute atomic E-state index is 0.00287. The molecule has 0 fully saturated rings. The van der Waals surface area contributed by atoms with E-state index < -0.39 is 28.6 Å². The quantitative estimate of drug-likeness (QED) is 0.235. The van der Waals surface area contributed by atoms with Crippen LogP contribution in [0.1, 0.15) is 49.5 Å². The molecule has 1 spiro atoms. The molecule has 2 aromatic heterocycles. The minimum Gasteiger partial charge on any atom is -0.450 e. The number of rotatable bonds is 4. The molecule has 0 bridgehead atoms. The van der Waals surface area contributed by atoms with Crippen molar-refractivity contribution in [1.82, 2.24) is 4.98 Å². The van der Waals surface area contributed by atoms with Crippen LogP contribution in [0.25, 0.3) is 11.0 Å². The molecule has 4 heterocycles. The van der Waals surface area contributed by atoms with Gasteiger partial charge in [-0.2, -0.15) is 0 Å². The molecule has 0 radical (unpaired) electrons. The average Bonchev–Trinajstić information content (AvgIpc) is 3.55. The van der Waals surface area contributed by atoms with Gasteiger partial charge in [0.25, 0.3) is 11.8 Å². The van der Waals surface area contributed by atoms with E-state index in [-0.39, 0.29) is 39.8 Å². The normalized spacial score (nSPS) is 17.4. The van der Waals surface area contributed by atoms with Gasteiger partial charge in [-0.1, -0.05) is 59.3 Å². The number of fused-ring (bicyclic) bond motifs is 5. The molecule has 0 N–H and O–H groups in total. The summed E-state index contributed by atoms with van der Waals surface area (Å²) < 4.78 is 20.3. The summed E-state index contributed by atoms with van der Waals surface area (Å²) in [4.78, 5) is 63.3. The fourth-order valence-corrected chi connectivity index (χ4v) is 7.10. The van der Waals surface area contributed by atoms with Gasteiger partial charge in [-0.3, -0.25) is 24.1 Å². The second kappa shape index (κ2) is 9.17. The lowest BCUT2D eigenvalue weighted by molar-refractivity contribution is -0.121. The maximum Gasteiger partial charge on any atom is 0.297 e. The number of thiazole rings is 1. The first kappa shape index (κ1) is 26.2. The highest BCUT2D eigenvalue weighted by Gasteiger charge is 2.66. The largest absolute Gasteiger partial charge is 0.450 e. The van der Waals surface area contributed by atoms with Crippen molar-refractivity contribution >= 4 is 62.3 Å². The highest BCUT2D eigenvalue weighted by Crippen LogP contribution is 2.55. The van der Waals surface area contributed by atoms with E-state index in [2.05, 4.69) is 4.98 Å². The fourth-order valence-electron chi connectivity index (χ4n) is 5.89. The van der Waals surface area contributed by atoms with Gasteiger partial charge >= 0.3 is 0 Å². The summed E-state index contributed by atoms with van der Waals surface area (Å²) in [5, 5.41) is 0.370. The van der Waals surface area contributed by atoms with Crippen LogP contribution in [0.3, 0.4) is 0 Å². The first-order chi connectivity index (χ1) is 20.1. The molecular formula is C31H19ClFN3O5S. The van der Waals surface area contributed by atoms with Crippen LogP contribution < -0.4 is 15.2 Å². The third-order valence-corrected chi connectivity index (χ3v) is 9.28. The molecule has 0 saturated carbocycles. The van der Waals surface area contributed by atoms with Crippen molar-refractivity contribution in [3.63, 3.8) is 0 Å². The molecule has 0 aliphatic carbocycles. The van der Waals surface area contributed by atoms with Crippen LogP contribution >= 0.6 is 22.9 Å². The molecule has 208 valence electrons. The van der Waals surface area contributed by atoms with Gasteiger partial charge in [-0.15, -0.1) is 0 Å². The predicted octanol–water partition coefficient (Wildman–Crippen LogP) is 6.00. The Hall–Kier alpha value is -4.67. The van der Waals surface area contributed by atoms with Crippen LogP contribution in [0.5, 0.6) is 0 Å². The zero-order chi connectivity index (χ0) is 29.5. The van der Waals surface area contributed by atoms with Crippen molar-refractivity contribution in [2.24, 2.45) is 0 Å². The van der Waals surface area contributed by atoms with E-state index in [4.69, 9.17) is 16.0 Å². The Morgan fingerprint density at radius 3 is 2.55 bits per heavy atom. The molecule has 2 aliphatic rings. The molecule has 2 amide bonds. The zero-order valence-electron chi connectivity index (χ0n) is 22.1. The smallest absolute Gasteiger partial charge is 0.297 e. The van der Waals surface area contributed by atoms with Crippen molar-refractivity contribution in [3.05, 3.63) is 121 Å². The standard InChI is InChI=1S/C31H19ClFN3O5S/c1-15-27(16(2)37)42-30(34-15)36-28(39)26-24(25(38)19-13-18(33)11-12-23(19)41-26)31(36)20-8-4-6-10-22(20)35(29(31)40)14-17-7-3-5-9-21(17)32/h3-13H,14H2,1-2H3. The molecule has 0 saturated heterocycles. The maximum absolute atomic E-state index is 14.9. The van der Waals surface area contributed by atoms with Crippen LogP contribution in [0.4, 0.5) is 15.2 Å². The van der Waals surface area contributed by atoms with Gasteiger partial charge in [-0.05, 0) is 42.8 Å². The van der Waals surface area contributed by atoms with E-state index in [1.54, 1.807) is 55.5 Å². The van der Waals surface area contributed by atoms with E-state index in [0.717, 1.165) is 28.4 Å². The number of aromatic nitrogens is 1. The lowest BCUT2D eigenvalue weighted by Gasteiger charge is -2.32. The molecule has 2 aliphatic heterocycles. The first-order valence-corrected chi connectivity index (χ1v) is 14.1. The lowest BCUT2D eigenvalue weighted by atomic mass is 9.84. The van der Waals surface area contributed by atoms with Gasteiger partial charge in [0, 0.05) is 17.5 Å². The molecule has 3 aromatic carbocycles. The summed E-state index contributed by atoms with van der Waals surface area (Å²) in [6.45, 7) is 3.05. The van der Waals surface area contributed by atoms with E-state index in [1.165, 1.54) is 17.9 Å². The predicted molar refractivity (Wildman–Crippen MR) is 156 cm³/mol. The maximum atomic E-state index is 14.9. The zero-order valence-corrected chi connectivity index (χ0v) is 23.7. The highest BCUT2D eigenvalue weighted by atomic mass is 35.5. The third-order valence-electron chi connectivity index (χ3n) is 7.67. The van der Waals surface area contributed by atoms with Gasteiger partial charge < -0.3 is 9.32 Å². The second-order valence-corrected chi connectivity index (χ2v) is 11.5. The molecular weight excluding hydrogens is 581 g/mol. The molecule has 42 heavy (non-hydrogen) atoms. The van der Waals surface area contributed by atoms with Crippen molar-refractivity contribution in [2.45, 2.75) is 25.9 Å². The number of carbonyl (C=O) groups is 3. The van der Waals surface area contributed by atoms with Crippen molar-refractivity contribution in [3.8, 4) is 0 Å². The molecule has 1 atom stereocenters. The Kier molecular flexibility index (Phi) is 5.73. The summed E-state index contributed by atoms with van der Waals surface area (Å²) in [5.74, 6) is -2.68. The number of ketones is 1. The van der Waals surface area contributed by atoms with Gasteiger partial charge in [-0.25, -0.2) is 9.37 Å². The number of carbonyl (C=O) groups excluding carboxylic acids is 3. The summed E-state index contributed by atoms with van der Waals surface area (Å²) >= 11 is 7.42. The van der Waals surface area contributed by atoms with Crippen LogP contribution in [0, 0.1) is 12.7 Å². The Labute approximate surface area is 246 Å². The summed E-state index contributed by atoms with van der Waals surface area (Å²) in [5.41, 5.74) is -1.18. The summed E-state index contributed by atoms with van der Waals surface area (Å²) in [6, 6.07) is 17.3. The average molecular weight is 600 g/mol. The first-order valence-electron chi connectivity index (χ1n) is 12.9. The van der Waals surface area contributed by atoms with Crippen LogP contribution in [-0.2, 0) is 16.9 Å². The number of benzene rings is 3. The van der Waals surface area contributed by atoms with Gasteiger partial charge in [0.05, 0.1) is 33.8 Å². The van der Waals surface area contributed by atoms with Gasteiger partial charge in [0.15, 0.2) is 21.9 Å². The number of amides is 2. The molecule has 7 rings (SSSR count). The number of anilines is 2. The monoisotopic (exact) mass is 599 g/mol. The van der Waals surface area contributed by atoms with E-state index in [9.17, 15) is 23.6 Å². The Bertz CT molecular complexity index is 2090. The third kappa shape index (κ3) is 3.42. The van der Waals surface area contributed by atoms with Gasteiger partial charge in [0.2, 0.25) is 5.76 Å². The fraction of sp³-hybridized carbons (Fsp3) is 0.129. The van der Waals surface area contributed by atoms with Crippen molar-refractivity contribution in [1.29, 1.82) is 0 Å².